The summed E-state index contributed by atoms with van der Waals surface area (Å²) >= 11 is 1.42. The summed E-state index contributed by atoms with van der Waals surface area (Å²) in [6.45, 7) is 2.01. The van der Waals surface area contributed by atoms with Crippen LogP contribution in [0.1, 0.15) is 35.4 Å². The van der Waals surface area contributed by atoms with Gasteiger partial charge in [-0.2, -0.15) is 0 Å². The topological polar surface area (TPSA) is 54.9 Å². The van der Waals surface area contributed by atoms with Gasteiger partial charge >= 0.3 is 0 Å². The molecular formula is C19H19N3OS. The van der Waals surface area contributed by atoms with Crippen molar-refractivity contribution in [2.75, 3.05) is 5.32 Å². The summed E-state index contributed by atoms with van der Waals surface area (Å²) in [5.41, 5.74) is 2.20. The third-order valence-electron chi connectivity index (χ3n) is 3.82. The summed E-state index contributed by atoms with van der Waals surface area (Å²) in [4.78, 5) is 12.5. The van der Waals surface area contributed by atoms with E-state index in [0.717, 1.165) is 23.4 Å². The van der Waals surface area contributed by atoms with Crippen LogP contribution < -0.4 is 5.32 Å². The van der Waals surface area contributed by atoms with E-state index in [1.807, 2.05) is 55.5 Å². The van der Waals surface area contributed by atoms with Gasteiger partial charge in [0.2, 0.25) is 11.0 Å². The van der Waals surface area contributed by atoms with Crippen molar-refractivity contribution in [2.45, 2.75) is 25.7 Å². The largest absolute Gasteiger partial charge is 0.300 e. The van der Waals surface area contributed by atoms with Crippen molar-refractivity contribution < 1.29 is 4.79 Å². The highest BCUT2D eigenvalue weighted by Gasteiger charge is 2.20. The zero-order valence-corrected chi connectivity index (χ0v) is 14.3. The molecule has 122 valence electrons. The fraction of sp³-hybridized carbons (Fsp3) is 0.211. The van der Waals surface area contributed by atoms with Crippen molar-refractivity contribution in [1.29, 1.82) is 0 Å². The molecule has 1 heterocycles. The molecule has 1 aromatic heterocycles. The van der Waals surface area contributed by atoms with Crippen LogP contribution >= 0.6 is 11.3 Å². The number of carbonyl (C=O) groups is 1. The first-order chi connectivity index (χ1) is 11.8. The maximum absolute atomic E-state index is 12.5. The molecule has 2 aromatic carbocycles. The lowest BCUT2D eigenvalue weighted by molar-refractivity contribution is -0.117. The van der Waals surface area contributed by atoms with Crippen LogP contribution in [0.25, 0.3) is 0 Å². The van der Waals surface area contributed by atoms with Crippen LogP contribution in [0.4, 0.5) is 5.13 Å². The number of benzene rings is 2. The molecule has 0 aliphatic heterocycles. The van der Waals surface area contributed by atoms with E-state index in [2.05, 4.69) is 27.6 Å². The number of hydrogen-bond acceptors (Lipinski definition) is 4. The second-order valence-corrected chi connectivity index (χ2v) is 6.59. The van der Waals surface area contributed by atoms with E-state index >= 15 is 0 Å². The number of aromatic nitrogens is 2. The van der Waals surface area contributed by atoms with Crippen molar-refractivity contribution in [2.24, 2.45) is 0 Å². The molecule has 3 rings (SSSR count). The highest BCUT2D eigenvalue weighted by molar-refractivity contribution is 7.15. The summed E-state index contributed by atoms with van der Waals surface area (Å²) in [5, 5.41) is 12.6. The summed E-state index contributed by atoms with van der Waals surface area (Å²) in [7, 11) is 0. The fourth-order valence-electron chi connectivity index (χ4n) is 2.60. The van der Waals surface area contributed by atoms with Crippen molar-refractivity contribution >= 4 is 22.4 Å². The van der Waals surface area contributed by atoms with Crippen molar-refractivity contribution in [3.8, 4) is 0 Å². The van der Waals surface area contributed by atoms with Crippen LogP contribution in [0.15, 0.2) is 60.7 Å². The van der Waals surface area contributed by atoms with E-state index in [9.17, 15) is 4.79 Å². The van der Waals surface area contributed by atoms with E-state index in [0.29, 0.717) is 5.13 Å². The first-order valence-electron chi connectivity index (χ1n) is 7.98. The Labute approximate surface area is 145 Å². The molecule has 0 bridgehead atoms. The Morgan fingerprint density at radius 3 is 2.38 bits per heavy atom. The number of amides is 1. The molecule has 1 amide bonds. The predicted molar refractivity (Wildman–Crippen MR) is 97.3 cm³/mol. The molecule has 0 aliphatic rings. The van der Waals surface area contributed by atoms with Crippen molar-refractivity contribution in [1.82, 2.24) is 10.2 Å². The molecule has 1 N–H and O–H groups in total. The molecule has 1 atom stereocenters. The third kappa shape index (κ3) is 4.06. The molecule has 3 aromatic rings. The average Bonchev–Trinajstić information content (AvgIpc) is 3.04. The molecule has 0 unspecified atom stereocenters. The summed E-state index contributed by atoms with van der Waals surface area (Å²) in [6.07, 6.45) is 1.47. The molecule has 0 aliphatic carbocycles. The first kappa shape index (κ1) is 16.3. The molecule has 24 heavy (non-hydrogen) atoms. The standard InChI is InChI=1S/C19H19N3OS/c1-2-16(15-11-7-4-8-12-15)18(23)20-19-22-21-17(24-19)13-14-9-5-3-6-10-14/h3-12,16H,2,13H2,1H3,(H,20,22,23)/t16-/m1/s1. The highest BCUT2D eigenvalue weighted by atomic mass is 32.1. The van der Waals surface area contributed by atoms with Crippen molar-refractivity contribution in [3.05, 3.63) is 76.8 Å². The Morgan fingerprint density at radius 1 is 1.04 bits per heavy atom. The summed E-state index contributed by atoms with van der Waals surface area (Å²) in [6, 6.07) is 19.9. The number of hydrogen-bond donors (Lipinski definition) is 1. The quantitative estimate of drug-likeness (QED) is 0.731. The van der Waals surface area contributed by atoms with Gasteiger partial charge < -0.3 is 0 Å². The Hall–Kier alpha value is -2.53. The molecule has 0 fully saturated rings. The molecule has 5 heteroatoms. The average molecular weight is 337 g/mol. The van der Waals surface area contributed by atoms with Crippen LogP contribution in [0.3, 0.4) is 0 Å². The van der Waals surface area contributed by atoms with Gasteiger partial charge in [0.05, 0.1) is 5.92 Å². The number of anilines is 1. The maximum atomic E-state index is 12.5. The van der Waals surface area contributed by atoms with Gasteiger partial charge in [0.25, 0.3) is 0 Å². The maximum Gasteiger partial charge on any atom is 0.233 e. The molecule has 0 radical (unpaired) electrons. The summed E-state index contributed by atoms with van der Waals surface area (Å²) in [5.74, 6) is -0.209. The number of carbonyl (C=O) groups excluding carboxylic acids is 1. The van der Waals surface area contributed by atoms with E-state index in [1.165, 1.54) is 16.9 Å². The molecule has 0 spiro atoms. The Morgan fingerprint density at radius 2 is 1.71 bits per heavy atom. The van der Waals surface area contributed by atoms with E-state index in [-0.39, 0.29) is 11.8 Å². The van der Waals surface area contributed by atoms with Gasteiger partial charge in [-0.15, -0.1) is 10.2 Å². The van der Waals surface area contributed by atoms with Crippen LogP contribution in [-0.4, -0.2) is 16.1 Å². The second-order valence-electron chi connectivity index (χ2n) is 5.52. The van der Waals surface area contributed by atoms with Crippen LogP contribution in [0.5, 0.6) is 0 Å². The van der Waals surface area contributed by atoms with E-state index < -0.39 is 0 Å². The number of nitrogens with zero attached hydrogens (tertiary/aromatic N) is 2. The third-order valence-corrected chi connectivity index (χ3v) is 4.66. The fourth-order valence-corrected chi connectivity index (χ4v) is 3.37. The highest BCUT2D eigenvalue weighted by Crippen LogP contribution is 2.23. The zero-order valence-electron chi connectivity index (χ0n) is 13.5. The Balaban J connectivity index is 1.66. The summed E-state index contributed by atoms with van der Waals surface area (Å²) < 4.78 is 0. The normalized spacial score (nSPS) is 11.9. The lowest BCUT2D eigenvalue weighted by Gasteiger charge is -2.13. The first-order valence-corrected chi connectivity index (χ1v) is 8.80. The van der Waals surface area contributed by atoms with Crippen LogP contribution in [0, 0.1) is 0 Å². The van der Waals surface area contributed by atoms with Gasteiger partial charge in [-0.05, 0) is 17.5 Å². The van der Waals surface area contributed by atoms with E-state index in [1.54, 1.807) is 0 Å². The van der Waals surface area contributed by atoms with Crippen LogP contribution in [0.2, 0.25) is 0 Å². The van der Waals surface area contributed by atoms with Gasteiger partial charge in [0, 0.05) is 6.42 Å². The molecule has 0 saturated carbocycles. The van der Waals surface area contributed by atoms with Gasteiger partial charge in [-0.25, -0.2) is 0 Å². The minimum atomic E-state index is -0.173. The smallest absolute Gasteiger partial charge is 0.233 e. The lowest BCUT2D eigenvalue weighted by atomic mass is 9.96. The van der Waals surface area contributed by atoms with Gasteiger partial charge in [-0.1, -0.05) is 78.9 Å². The molecule has 0 saturated heterocycles. The van der Waals surface area contributed by atoms with E-state index in [4.69, 9.17) is 0 Å². The molecule has 4 nitrogen and oxygen atoms in total. The molecular weight excluding hydrogens is 318 g/mol. The SMILES string of the molecule is CC[C@@H](C(=O)Nc1nnc(Cc2ccccc2)s1)c1ccccc1. The van der Waals surface area contributed by atoms with Gasteiger partial charge in [0.1, 0.15) is 5.01 Å². The number of rotatable bonds is 6. The predicted octanol–water partition coefficient (Wildman–Crippen LogP) is 4.26. The minimum Gasteiger partial charge on any atom is -0.300 e. The zero-order chi connectivity index (χ0) is 16.8. The lowest BCUT2D eigenvalue weighted by Crippen LogP contribution is -2.20. The van der Waals surface area contributed by atoms with Gasteiger partial charge in [0.15, 0.2) is 0 Å². The Kier molecular flexibility index (Phi) is 5.33. The second kappa shape index (κ2) is 7.84. The Bertz CT molecular complexity index is 787. The minimum absolute atomic E-state index is 0.0360. The monoisotopic (exact) mass is 337 g/mol. The van der Waals surface area contributed by atoms with Crippen LogP contribution in [-0.2, 0) is 11.2 Å². The number of nitrogens with one attached hydrogen (secondary N) is 1. The van der Waals surface area contributed by atoms with Crippen molar-refractivity contribution in [3.63, 3.8) is 0 Å². The van der Waals surface area contributed by atoms with Gasteiger partial charge in [-0.3, -0.25) is 10.1 Å².